The van der Waals surface area contributed by atoms with Crippen LogP contribution in [-0.2, 0) is 5.54 Å². The standard InChI is InChI=1S/C15H20ClN/c16-14-8-6-13(7-9-14)15(12-4-5-12)10-2-1-3-11-17-15/h6-9,12,17H,1-5,10-11H2. The Kier molecular flexibility index (Phi) is 3.14. The van der Waals surface area contributed by atoms with Gasteiger partial charge in [0.15, 0.2) is 0 Å². The zero-order valence-electron chi connectivity index (χ0n) is 10.2. The van der Waals surface area contributed by atoms with Gasteiger partial charge >= 0.3 is 0 Å². The first-order valence-electron chi connectivity index (χ1n) is 6.82. The second-order valence-electron chi connectivity index (χ2n) is 5.49. The number of hydrogen-bond donors (Lipinski definition) is 1. The van der Waals surface area contributed by atoms with Crippen LogP contribution in [-0.4, -0.2) is 6.54 Å². The van der Waals surface area contributed by atoms with E-state index in [9.17, 15) is 0 Å². The molecule has 1 saturated carbocycles. The van der Waals surface area contributed by atoms with Crippen LogP contribution in [0.3, 0.4) is 0 Å². The number of halogens is 1. The van der Waals surface area contributed by atoms with E-state index < -0.39 is 0 Å². The molecule has 1 atom stereocenters. The van der Waals surface area contributed by atoms with E-state index in [-0.39, 0.29) is 5.54 Å². The molecule has 1 aromatic carbocycles. The van der Waals surface area contributed by atoms with Crippen LogP contribution in [0.5, 0.6) is 0 Å². The molecule has 1 nitrogen and oxygen atoms in total. The van der Waals surface area contributed by atoms with Gasteiger partial charge in [0.25, 0.3) is 0 Å². The highest BCUT2D eigenvalue weighted by atomic mass is 35.5. The maximum atomic E-state index is 6.00. The number of benzene rings is 1. The molecule has 2 aliphatic rings. The maximum absolute atomic E-state index is 6.00. The van der Waals surface area contributed by atoms with Gasteiger partial charge in [-0.25, -0.2) is 0 Å². The number of rotatable bonds is 2. The van der Waals surface area contributed by atoms with Gasteiger partial charge in [-0.2, -0.15) is 0 Å². The Morgan fingerprint density at radius 2 is 1.82 bits per heavy atom. The molecule has 1 N–H and O–H groups in total. The van der Waals surface area contributed by atoms with Crippen molar-refractivity contribution in [3.63, 3.8) is 0 Å². The van der Waals surface area contributed by atoms with Crippen LogP contribution in [0.15, 0.2) is 24.3 Å². The van der Waals surface area contributed by atoms with Crippen LogP contribution in [0.2, 0.25) is 5.02 Å². The van der Waals surface area contributed by atoms with Gasteiger partial charge in [-0.1, -0.05) is 36.6 Å². The molecular weight excluding hydrogens is 230 g/mol. The minimum absolute atomic E-state index is 0.251. The summed E-state index contributed by atoms with van der Waals surface area (Å²) in [6, 6.07) is 8.51. The molecule has 1 aliphatic carbocycles. The SMILES string of the molecule is Clc1ccc(C2(C3CC3)CCCCCN2)cc1. The van der Waals surface area contributed by atoms with Gasteiger partial charge in [0, 0.05) is 10.6 Å². The smallest absolute Gasteiger partial charge is 0.0463 e. The number of nitrogens with one attached hydrogen (secondary N) is 1. The van der Waals surface area contributed by atoms with Gasteiger partial charge in [-0.05, 0) is 55.8 Å². The van der Waals surface area contributed by atoms with Gasteiger partial charge in [-0.3, -0.25) is 0 Å². The largest absolute Gasteiger partial charge is 0.307 e. The average Bonchev–Trinajstić information content (AvgIpc) is 3.17. The summed E-state index contributed by atoms with van der Waals surface area (Å²) in [7, 11) is 0. The summed E-state index contributed by atoms with van der Waals surface area (Å²) in [5.41, 5.74) is 1.70. The van der Waals surface area contributed by atoms with Gasteiger partial charge in [0.05, 0.1) is 0 Å². The zero-order chi connectivity index (χ0) is 11.7. The van der Waals surface area contributed by atoms with Crippen molar-refractivity contribution in [1.29, 1.82) is 0 Å². The third-order valence-corrected chi connectivity index (χ3v) is 4.57. The first kappa shape index (κ1) is 11.6. The molecule has 0 radical (unpaired) electrons. The Balaban J connectivity index is 1.94. The Bertz CT molecular complexity index is 372. The van der Waals surface area contributed by atoms with Crippen molar-refractivity contribution < 1.29 is 0 Å². The molecule has 1 saturated heterocycles. The molecule has 0 bridgehead atoms. The van der Waals surface area contributed by atoms with E-state index in [1.807, 2.05) is 12.1 Å². The summed E-state index contributed by atoms with van der Waals surface area (Å²) >= 11 is 6.00. The van der Waals surface area contributed by atoms with Crippen molar-refractivity contribution in [3.8, 4) is 0 Å². The molecule has 1 unspecified atom stereocenters. The van der Waals surface area contributed by atoms with E-state index in [0.29, 0.717) is 0 Å². The molecule has 1 aliphatic heterocycles. The third kappa shape index (κ3) is 2.23. The van der Waals surface area contributed by atoms with Gasteiger partial charge in [-0.15, -0.1) is 0 Å². The first-order chi connectivity index (χ1) is 8.31. The second-order valence-corrected chi connectivity index (χ2v) is 5.93. The highest BCUT2D eigenvalue weighted by Crippen LogP contribution is 2.49. The normalized spacial score (nSPS) is 29.9. The summed E-state index contributed by atoms with van der Waals surface area (Å²) in [5, 5.41) is 4.69. The first-order valence-corrected chi connectivity index (χ1v) is 7.20. The van der Waals surface area contributed by atoms with Gasteiger partial charge in [0.1, 0.15) is 0 Å². The second kappa shape index (κ2) is 4.62. The highest BCUT2D eigenvalue weighted by molar-refractivity contribution is 6.30. The molecule has 1 aromatic rings. The summed E-state index contributed by atoms with van der Waals surface area (Å²) in [6.07, 6.45) is 8.10. The molecule has 92 valence electrons. The van der Waals surface area contributed by atoms with Crippen LogP contribution in [0, 0.1) is 5.92 Å². The van der Waals surface area contributed by atoms with Crippen LogP contribution >= 0.6 is 11.6 Å². The molecule has 2 heteroatoms. The van der Waals surface area contributed by atoms with Crippen molar-refractivity contribution in [1.82, 2.24) is 5.32 Å². The summed E-state index contributed by atoms with van der Waals surface area (Å²) in [5.74, 6) is 0.849. The van der Waals surface area contributed by atoms with Crippen LogP contribution in [0.25, 0.3) is 0 Å². The molecule has 3 rings (SSSR count). The topological polar surface area (TPSA) is 12.0 Å². The molecule has 17 heavy (non-hydrogen) atoms. The van der Waals surface area contributed by atoms with Crippen LogP contribution in [0.1, 0.15) is 44.1 Å². The Hall–Kier alpha value is -0.530. The Morgan fingerprint density at radius 3 is 2.53 bits per heavy atom. The van der Waals surface area contributed by atoms with Crippen LogP contribution < -0.4 is 5.32 Å². The quantitative estimate of drug-likeness (QED) is 0.832. The Labute approximate surface area is 109 Å². The lowest BCUT2D eigenvalue weighted by molar-refractivity contribution is 0.279. The van der Waals surface area contributed by atoms with E-state index >= 15 is 0 Å². The molecule has 0 aromatic heterocycles. The predicted octanol–water partition coefficient (Wildman–Crippen LogP) is 4.11. The molecular formula is C15H20ClN. The van der Waals surface area contributed by atoms with Crippen molar-refractivity contribution in [2.24, 2.45) is 5.92 Å². The van der Waals surface area contributed by atoms with Gasteiger partial charge in [0.2, 0.25) is 0 Å². The molecule has 0 amide bonds. The van der Waals surface area contributed by atoms with Crippen LogP contribution in [0.4, 0.5) is 0 Å². The highest BCUT2D eigenvalue weighted by Gasteiger charge is 2.45. The lowest BCUT2D eigenvalue weighted by atomic mass is 9.81. The van der Waals surface area contributed by atoms with E-state index in [1.165, 1.54) is 50.6 Å². The monoisotopic (exact) mass is 249 g/mol. The summed E-state index contributed by atoms with van der Waals surface area (Å²) < 4.78 is 0. The fourth-order valence-electron chi connectivity index (χ4n) is 3.26. The summed E-state index contributed by atoms with van der Waals surface area (Å²) in [4.78, 5) is 0. The molecule has 1 heterocycles. The van der Waals surface area contributed by atoms with E-state index in [4.69, 9.17) is 11.6 Å². The molecule has 2 fully saturated rings. The van der Waals surface area contributed by atoms with Crippen molar-refractivity contribution >= 4 is 11.6 Å². The van der Waals surface area contributed by atoms with Gasteiger partial charge < -0.3 is 5.32 Å². The third-order valence-electron chi connectivity index (χ3n) is 4.32. The lowest BCUT2D eigenvalue weighted by Crippen LogP contribution is -2.43. The predicted molar refractivity (Wildman–Crippen MR) is 72.3 cm³/mol. The summed E-state index contributed by atoms with van der Waals surface area (Å²) in [6.45, 7) is 1.17. The van der Waals surface area contributed by atoms with Crippen molar-refractivity contribution in [3.05, 3.63) is 34.9 Å². The maximum Gasteiger partial charge on any atom is 0.0463 e. The van der Waals surface area contributed by atoms with E-state index in [0.717, 1.165) is 10.9 Å². The number of hydrogen-bond acceptors (Lipinski definition) is 1. The Morgan fingerprint density at radius 1 is 1.06 bits per heavy atom. The average molecular weight is 250 g/mol. The fraction of sp³-hybridized carbons (Fsp3) is 0.600. The zero-order valence-corrected chi connectivity index (χ0v) is 11.0. The lowest BCUT2D eigenvalue weighted by Gasteiger charge is -2.35. The fourth-order valence-corrected chi connectivity index (χ4v) is 3.39. The van der Waals surface area contributed by atoms with E-state index in [1.54, 1.807) is 0 Å². The van der Waals surface area contributed by atoms with Crippen molar-refractivity contribution in [2.75, 3.05) is 6.54 Å². The minimum Gasteiger partial charge on any atom is -0.307 e. The van der Waals surface area contributed by atoms with Crippen molar-refractivity contribution in [2.45, 2.75) is 44.1 Å². The van der Waals surface area contributed by atoms with E-state index in [2.05, 4.69) is 17.4 Å². The molecule has 0 spiro atoms. The minimum atomic E-state index is 0.251.